The third-order valence-corrected chi connectivity index (χ3v) is 8.40. The van der Waals surface area contributed by atoms with E-state index in [0.29, 0.717) is 12.4 Å². The Morgan fingerprint density at radius 1 is 1.18 bits per heavy atom. The van der Waals surface area contributed by atoms with E-state index in [1.807, 2.05) is 38.1 Å². The normalized spacial score (nSPS) is 29.3. The molecule has 34 heavy (non-hydrogen) atoms. The van der Waals surface area contributed by atoms with Gasteiger partial charge in [-0.05, 0) is 51.8 Å². The summed E-state index contributed by atoms with van der Waals surface area (Å²) >= 11 is 1.68. The number of H-pyrrole nitrogens is 1. The summed E-state index contributed by atoms with van der Waals surface area (Å²) in [5.74, 6) is 1.06. The quantitative estimate of drug-likeness (QED) is 0.454. The number of aromatic amines is 1. The molecule has 2 amide bonds. The van der Waals surface area contributed by atoms with Crippen molar-refractivity contribution in [3.63, 3.8) is 0 Å². The summed E-state index contributed by atoms with van der Waals surface area (Å²) < 4.78 is 5.53. The van der Waals surface area contributed by atoms with Gasteiger partial charge < -0.3 is 14.5 Å². The molecular formula is C23H31N7O3S. The smallest absolute Gasteiger partial charge is 0.250 e. The number of ether oxygens (including phenoxy) is 1. The molecule has 4 atom stereocenters. The van der Waals surface area contributed by atoms with E-state index in [4.69, 9.17) is 4.74 Å². The molecule has 0 spiro atoms. The first kappa shape index (κ1) is 23.1. The zero-order valence-corrected chi connectivity index (χ0v) is 20.9. The number of β-lactam (4-membered cyclic amide) rings is 1. The van der Waals surface area contributed by atoms with Crippen LogP contribution in [0.2, 0.25) is 0 Å². The predicted molar refractivity (Wildman–Crippen MR) is 127 cm³/mol. The van der Waals surface area contributed by atoms with Crippen LogP contribution >= 0.6 is 11.8 Å². The highest BCUT2D eigenvalue weighted by Gasteiger charge is 2.67. The molecule has 2 aromatic rings. The van der Waals surface area contributed by atoms with Gasteiger partial charge in [-0.3, -0.25) is 14.9 Å². The van der Waals surface area contributed by atoms with E-state index >= 15 is 0 Å². The van der Waals surface area contributed by atoms with E-state index in [0.717, 1.165) is 24.2 Å². The van der Waals surface area contributed by atoms with E-state index in [2.05, 4.69) is 46.7 Å². The lowest BCUT2D eigenvalue weighted by Crippen LogP contribution is -2.71. The van der Waals surface area contributed by atoms with E-state index in [1.54, 1.807) is 21.6 Å². The zero-order chi connectivity index (χ0) is 24.3. The van der Waals surface area contributed by atoms with Crippen LogP contribution in [0.5, 0.6) is 5.75 Å². The number of nitrogens with zero attached hydrogens (tertiary/aromatic N) is 5. The van der Waals surface area contributed by atoms with E-state index in [1.165, 1.54) is 0 Å². The molecular weight excluding hydrogens is 454 g/mol. The summed E-state index contributed by atoms with van der Waals surface area (Å²) in [5, 5.41) is 17.7. The molecule has 0 bridgehead atoms. The van der Waals surface area contributed by atoms with Crippen molar-refractivity contribution < 1.29 is 14.3 Å². The highest BCUT2D eigenvalue weighted by molar-refractivity contribution is 8.01. The molecule has 3 aliphatic rings. The molecule has 1 aromatic carbocycles. The molecule has 2 N–H and O–H groups in total. The molecule has 0 radical (unpaired) electrons. The van der Waals surface area contributed by atoms with Crippen LogP contribution in [0.4, 0.5) is 0 Å². The highest BCUT2D eigenvalue weighted by Crippen LogP contribution is 2.58. The van der Waals surface area contributed by atoms with Gasteiger partial charge in [0.25, 0.3) is 0 Å². The van der Waals surface area contributed by atoms with Gasteiger partial charge in [0.2, 0.25) is 11.8 Å². The molecule has 3 fully saturated rings. The first-order valence-corrected chi connectivity index (χ1v) is 12.6. The summed E-state index contributed by atoms with van der Waals surface area (Å²) in [4.78, 5) is 30.8. The SMILES string of the molecule is CCCCOc1cccc(C2NC(C)(C)N(C3C(=O)N4C3SC(C)(C)C4c3nn[nH]n3)C2=O)c1. The van der Waals surface area contributed by atoms with Gasteiger partial charge in [-0.25, -0.2) is 0 Å². The number of carbonyl (C=O) groups is 2. The average Bonchev–Trinajstić information content (AvgIpc) is 3.45. The maximum atomic E-state index is 13.7. The second-order valence-electron chi connectivity index (χ2n) is 10.1. The number of carbonyl (C=O) groups excluding carboxylic acids is 2. The monoisotopic (exact) mass is 485 g/mol. The molecule has 0 saturated carbocycles. The van der Waals surface area contributed by atoms with Crippen molar-refractivity contribution in [1.82, 2.24) is 35.7 Å². The second-order valence-corrected chi connectivity index (χ2v) is 11.9. The fourth-order valence-corrected chi connectivity index (χ4v) is 6.94. The molecule has 5 rings (SSSR count). The lowest BCUT2D eigenvalue weighted by atomic mass is 9.93. The maximum Gasteiger partial charge on any atom is 0.250 e. The number of aromatic nitrogens is 4. The third-order valence-electron chi connectivity index (χ3n) is 6.84. The van der Waals surface area contributed by atoms with Crippen LogP contribution in [0.3, 0.4) is 0 Å². The number of hydrogen-bond donors (Lipinski definition) is 2. The van der Waals surface area contributed by atoms with Gasteiger partial charge in [-0.1, -0.05) is 30.7 Å². The topological polar surface area (TPSA) is 116 Å². The zero-order valence-electron chi connectivity index (χ0n) is 20.1. The minimum Gasteiger partial charge on any atom is -0.494 e. The summed E-state index contributed by atoms with van der Waals surface area (Å²) in [6.45, 7) is 10.8. The van der Waals surface area contributed by atoms with Gasteiger partial charge in [0.1, 0.15) is 29.2 Å². The van der Waals surface area contributed by atoms with Crippen LogP contribution in [0.15, 0.2) is 24.3 Å². The summed E-state index contributed by atoms with van der Waals surface area (Å²) in [5.41, 5.74) is 0.143. The van der Waals surface area contributed by atoms with Crippen LogP contribution in [-0.2, 0) is 9.59 Å². The molecule has 11 heteroatoms. The molecule has 1 aromatic heterocycles. The molecule has 4 heterocycles. The fraction of sp³-hybridized carbons (Fsp3) is 0.609. The average molecular weight is 486 g/mol. The van der Waals surface area contributed by atoms with Crippen LogP contribution in [0.1, 0.15) is 70.9 Å². The Morgan fingerprint density at radius 3 is 2.68 bits per heavy atom. The summed E-state index contributed by atoms with van der Waals surface area (Å²) in [6.07, 6.45) is 2.04. The molecule has 182 valence electrons. The minimum atomic E-state index is -0.692. The fourth-order valence-electron chi connectivity index (χ4n) is 5.26. The summed E-state index contributed by atoms with van der Waals surface area (Å²) in [6, 6.07) is 6.26. The van der Waals surface area contributed by atoms with Crippen molar-refractivity contribution >= 4 is 23.6 Å². The van der Waals surface area contributed by atoms with Crippen LogP contribution in [0, 0.1) is 0 Å². The minimum absolute atomic E-state index is 0.0848. The maximum absolute atomic E-state index is 13.7. The van der Waals surface area contributed by atoms with Gasteiger partial charge in [-0.2, -0.15) is 5.21 Å². The predicted octanol–water partition coefficient (Wildman–Crippen LogP) is 2.39. The molecule has 10 nitrogen and oxygen atoms in total. The van der Waals surface area contributed by atoms with Crippen molar-refractivity contribution in [3.8, 4) is 5.75 Å². The Kier molecular flexibility index (Phi) is 5.59. The van der Waals surface area contributed by atoms with E-state index < -0.39 is 17.7 Å². The number of nitrogens with one attached hydrogen (secondary N) is 2. The highest BCUT2D eigenvalue weighted by atomic mass is 32.2. The van der Waals surface area contributed by atoms with Crippen molar-refractivity contribution in [2.45, 2.75) is 81.4 Å². The number of benzene rings is 1. The lowest BCUT2D eigenvalue weighted by Gasteiger charge is -2.50. The number of tetrazole rings is 1. The molecule has 3 aliphatic heterocycles. The Balaban J connectivity index is 1.39. The van der Waals surface area contributed by atoms with Gasteiger partial charge in [0, 0.05) is 4.75 Å². The van der Waals surface area contributed by atoms with Gasteiger partial charge in [0.05, 0.1) is 12.3 Å². The van der Waals surface area contributed by atoms with Crippen LogP contribution < -0.4 is 10.1 Å². The summed E-state index contributed by atoms with van der Waals surface area (Å²) in [7, 11) is 0. The lowest BCUT2D eigenvalue weighted by molar-refractivity contribution is -0.165. The molecule has 3 saturated heterocycles. The van der Waals surface area contributed by atoms with Crippen LogP contribution in [0.25, 0.3) is 0 Å². The number of amides is 2. The van der Waals surface area contributed by atoms with Crippen molar-refractivity contribution in [2.24, 2.45) is 0 Å². The largest absolute Gasteiger partial charge is 0.494 e. The standard InChI is InChI=1S/C23H31N7O3S/c1-6-7-11-33-14-10-8-9-13(12-14)15-19(31)30(23(4,5)24-15)16-20(32)29-17(18-25-27-28-26-18)22(2,3)34-21(16)29/h8-10,12,15-17,21,24H,6-7,11H2,1-5H3,(H,25,26,27,28). The number of hydrogen-bond acceptors (Lipinski definition) is 8. The Morgan fingerprint density at radius 2 is 1.97 bits per heavy atom. The van der Waals surface area contributed by atoms with Crippen molar-refractivity contribution in [1.29, 1.82) is 0 Å². The number of thioether (sulfide) groups is 1. The third kappa shape index (κ3) is 3.56. The Labute approximate surface area is 203 Å². The Hall–Kier alpha value is -2.66. The number of rotatable bonds is 7. The Bertz CT molecular complexity index is 1090. The number of unbranched alkanes of at least 4 members (excludes halogenated alkanes) is 1. The molecule has 4 unspecified atom stereocenters. The van der Waals surface area contributed by atoms with Crippen molar-refractivity contribution in [2.75, 3.05) is 6.61 Å². The first-order chi connectivity index (χ1) is 16.2. The van der Waals surface area contributed by atoms with E-state index in [9.17, 15) is 9.59 Å². The second kappa shape index (κ2) is 8.23. The van der Waals surface area contributed by atoms with E-state index in [-0.39, 0.29) is 28.0 Å². The van der Waals surface area contributed by atoms with Gasteiger partial charge in [-0.15, -0.1) is 22.0 Å². The number of fused-ring (bicyclic) bond motifs is 1. The first-order valence-electron chi connectivity index (χ1n) is 11.7. The van der Waals surface area contributed by atoms with Gasteiger partial charge >= 0.3 is 0 Å². The molecule has 0 aliphatic carbocycles. The van der Waals surface area contributed by atoms with Crippen molar-refractivity contribution in [3.05, 3.63) is 35.7 Å². The van der Waals surface area contributed by atoms with Crippen LogP contribution in [-0.4, -0.2) is 70.7 Å². The van der Waals surface area contributed by atoms with Gasteiger partial charge in [0.15, 0.2) is 5.82 Å².